The molecular weight excluding hydrogens is 244 g/mol. The summed E-state index contributed by atoms with van der Waals surface area (Å²) in [6.07, 6.45) is 4.07. The highest BCUT2D eigenvalue weighted by molar-refractivity contribution is 6.15. The molecule has 0 saturated carbocycles. The SMILES string of the molecule is CC(=O)c1ccc(/C=C/[C]=O)c(C(C)=O)c1C(C)=O. The minimum absolute atomic E-state index is 0.105. The largest absolute Gasteiger partial charge is 0.294 e. The molecule has 0 unspecified atom stereocenters. The Hall–Kier alpha value is -2.36. The van der Waals surface area contributed by atoms with Crippen molar-refractivity contribution in [3.05, 3.63) is 40.5 Å². The lowest BCUT2D eigenvalue weighted by atomic mass is 9.89. The quantitative estimate of drug-likeness (QED) is 0.600. The van der Waals surface area contributed by atoms with Crippen molar-refractivity contribution < 1.29 is 19.2 Å². The first kappa shape index (κ1) is 14.7. The fourth-order valence-electron chi connectivity index (χ4n) is 1.92. The maximum absolute atomic E-state index is 11.7. The van der Waals surface area contributed by atoms with Crippen LogP contribution in [0.1, 0.15) is 57.4 Å². The number of Topliss-reactive ketones (excluding diaryl/α,β-unsaturated/α-hetero) is 3. The van der Waals surface area contributed by atoms with Gasteiger partial charge in [-0.1, -0.05) is 18.2 Å². The van der Waals surface area contributed by atoms with E-state index in [2.05, 4.69) is 0 Å². The normalized spacial score (nSPS) is 10.5. The average molecular weight is 257 g/mol. The van der Waals surface area contributed by atoms with Gasteiger partial charge >= 0.3 is 0 Å². The van der Waals surface area contributed by atoms with Crippen molar-refractivity contribution in [1.82, 2.24) is 0 Å². The highest BCUT2D eigenvalue weighted by Gasteiger charge is 2.20. The van der Waals surface area contributed by atoms with E-state index in [0.717, 1.165) is 6.08 Å². The molecule has 0 heterocycles. The van der Waals surface area contributed by atoms with Crippen LogP contribution in [-0.2, 0) is 4.79 Å². The molecule has 19 heavy (non-hydrogen) atoms. The van der Waals surface area contributed by atoms with Gasteiger partial charge in [-0.05, 0) is 32.4 Å². The summed E-state index contributed by atoms with van der Waals surface area (Å²) in [6.45, 7) is 3.95. The zero-order valence-electron chi connectivity index (χ0n) is 10.9. The molecule has 0 amide bonds. The molecule has 0 bridgehead atoms. The van der Waals surface area contributed by atoms with Crippen molar-refractivity contribution in [1.29, 1.82) is 0 Å². The van der Waals surface area contributed by atoms with Crippen LogP contribution >= 0.6 is 0 Å². The van der Waals surface area contributed by atoms with Crippen LogP contribution in [0.5, 0.6) is 0 Å². The Morgan fingerprint density at radius 2 is 1.53 bits per heavy atom. The van der Waals surface area contributed by atoms with Gasteiger partial charge in [0, 0.05) is 16.7 Å². The van der Waals surface area contributed by atoms with Gasteiger partial charge in [0.2, 0.25) is 6.29 Å². The number of carbonyl (C=O) groups excluding carboxylic acids is 4. The van der Waals surface area contributed by atoms with E-state index in [0.29, 0.717) is 5.56 Å². The van der Waals surface area contributed by atoms with Gasteiger partial charge in [0.05, 0.1) is 0 Å². The number of allylic oxidation sites excluding steroid dienone is 1. The van der Waals surface area contributed by atoms with Crippen LogP contribution in [0.15, 0.2) is 18.2 Å². The highest BCUT2D eigenvalue weighted by atomic mass is 16.1. The second kappa shape index (κ2) is 6.00. The summed E-state index contributed by atoms with van der Waals surface area (Å²) >= 11 is 0. The first-order valence-electron chi connectivity index (χ1n) is 5.64. The summed E-state index contributed by atoms with van der Waals surface area (Å²) in [7, 11) is 0. The number of carbonyl (C=O) groups is 3. The molecule has 0 N–H and O–H groups in total. The van der Waals surface area contributed by atoms with Gasteiger partial charge in [-0.3, -0.25) is 19.2 Å². The molecule has 97 valence electrons. The Balaban J connectivity index is 3.73. The molecule has 1 aromatic carbocycles. The molecule has 4 nitrogen and oxygen atoms in total. The second-order valence-corrected chi connectivity index (χ2v) is 4.07. The molecule has 0 fully saturated rings. The highest BCUT2D eigenvalue weighted by Crippen LogP contribution is 2.22. The van der Waals surface area contributed by atoms with E-state index in [-0.39, 0.29) is 34.0 Å². The van der Waals surface area contributed by atoms with E-state index in [1.807, 2.05) is 0 Å². The van der Waals surface area contributed by atoms with Crippen molar-refractivity contribution >= 4 is 29.7 Å². The third-order valence-corrected chi connectivity index (χ3v) is 2.65. The van der Waals surface area contributed by atoms with Crippen LogP contribution in [0.2, 0.25) is 0 Å². The van der Waals surface area contributed by atoms with Crippen molar-refractivity contribution in [2.75, 3.05) is 0 Å². The summed E-state index contributed by atoms with van der Waals surface area (Å²) in [6, 6.07) is 3.02. The topological polar surface area (TPSA) is 68.3 Å². The van der Waals surface area contributed by atoms with Crippen LogP contribution < -0.4 is 0 Å². The molecule has 1 radical (unpaired) electrons. The average Bonchev–Trinajstić information content (AvgIpc) is 2.34. The Morgan fingerprint density at radius 1 is 0.947 bits per heavy atom. The van der Waals surface area contributed by atoms with E-state index < -0.39 is 0 Å². The summed E-state index contributed by atoms with van der Waals surface area (Å²) < 4.78 is 0. The van der Waals surface area contributed by atoms with Crippen LogP contribution in [0.25, 0.3) is 6.08 Å². The van der Waals surface area contributed by atoms with Gasteiger partial charge in [-0.15, -0.1) is 0 Å². The standard InChI is InChI=1S/C15H13O4/c1-9(17)13-7-6-12(5-4-8-16)14(10(2)18)15(13)11(3)19/h4-7H,1-3H3/b5-4+. The molecule has 0 aromatic heterocycles. The number of ketones is 3. The Morgan fingerprint density at radius 3 is 1.95 bits per heavy atom. The minimum atomic E-state index is -0.360. The van der Waals surface area contributed by atoms with Crippen molar-refractivity contribution in [3.63, 3.8) is 0 Å². The molecule has 0 aliphatic rings. The molecule has 0 spiro atoms. The van der Waals surface area contributed by atoms with Crippen LogP contribution in [0.3, 0.4) is 0 Å². The van der Waals surface area contributed by atoms with Crippen molar-refractivity contribution in [2.45, 2.75) is 20.8 Å². The van der Waals surface area contributed by atoms with Gasteiger partial charge in [-0.2, -0.15) is 0 Å². The van der Waals surface area contributed by atoms with Gasteiger partial charge in [-0.25, -0.2) is 0 Å². The van der Waals surface area contributed by atoms with Gasteiger partial charge in [0.25, 0.3) is 0 Å². The molecular formula is C15H13O4. The molecule has 0 saturated heterocycles. The maximum Gasteiger partial charge on any atom is 0.225 e. The summed E-state index contributed by atoms with van der Waals surface area (Å²) in [5.74, 6) is -0.982. The van der Waals surface area contributed by atoms with Gasteiger partial charge in [0.1, 0.15) is 0 Å². The molecule has 0 aliphatic heterocycles. The van der Waals surface area contributed by atoms with Gasteiger partial charge in [0.15, 0.2) is 17.3 Å². The van der Waals surface area contributed by atoms with Crippen LogP contribution in [-0.4, -0.2) is 23.6 Å². The summed E-state index contributed by atoms with van der Waals surface area (Å²) in [4.78, 5) is 45.2. The summed E-state index contributed by atoms with van der Waals surface area (Å²) in [5, 5.41) is 0. The monoisotopic (exact) mass is 257 g/mol. The lowest BCUT2D eigenvalue weighted by Crippen LogP contribution is -2.12. The van der Waals surface area contributed by atoms with Crippen molar-refractivity contribution in [3.8, 4) is 0 Å². The Labute approximate surface area is 111 Å². The zero-order valence-corrected chi connectivity index (χ0v) is 10.9. The van der Waals surface area contributed by atoms with Crippen LogP contribution in [0, 0.1) is 0 Å². The molecule has 4 heteroatoms. The van der Waals surface area contributed by atoms with E-state index in [9.17, 15) is 19.2 Å². The molecule has 1 rings (SSSR count). The lowest BCUT2D eigenvalue weighted by molar-refractivity contribution is 0.0968. The molecule has 0 atom stereocenters. The predicted octanol–water partition coefficient (Wildman–Crippen LogP) is 2.42. The predicted molar refractivity (Wildman–Crippen MR) is 71.2 cm³/mol. The Bertz CT molecular complexity index is 594. The molecule has 0 aliphatic carbocycles. The lowest BCUT2D eigenvalue weighted by Gasteiger charge is -2.11. The number of benzene rings is 1. The summed E-state index contributed by atoms with van der Waals surface area (Å²) in [5.41, 5.74) is 0.899. The van der Waals surface area contributed by atoms with E-state index >= 15 is 0 Å². The smallest absolute Gasteiger partial charge is 0.225 e. The third-order valence-electron chi connectivity index (χ3n) is 2.65. The van der Waals surface area contributed by atoms with Crippen molar-refractivity contribution in [2.24, 2.45) is 0 Å². The van der Waals surface area contributed by atoms with E-state index in [1.165, 1.54) is 39.0 Å². The fourth-order valence-corrected chi connectivity index (χ4v) is 1.92. The molecule has 1 aromatic rings. The maximum atomic E-state index is 11.7. The van der Waals surface area contributed by atoms with Gasteiger partial charge < -0.3 is 0 Å². The van der Waals surface area contributed by atoms with E-state index in [4.69, 9.17) is 0 Å². The first-order chi connectivity index (χ1) is 8.90. The van der Waals surface area contributed by atoms with E-state index in [1.54, 1.807) is 6.29 Å². The number of rotatable bonds is 5. The number of hydrogen-bond donors (Lipinski definition) is 0. The minimum Gasteiger partial charge on any atom is -0.294 e. The fraction of sp³-hybridized carbons (Fsp3) is 0.200. The zero-order chi connectivity index (χ0) is 14.6. The Kier molecular flexibility index (Phi) is 4.64. The second-order valence-electron chi connectivity index (χ2n) is 4.07. The third kappa shape index (κ3) is 3.10. The first-order valence-corrected chi connectivity index (χ1v) is 5.64. The van der Waals surface area contributed by atoms with Crippen LogP contribution in [0.4, 0.5) is 0 Å². The number of hydrogen-bond acceptors (Lipinski definition) is 4.